The third-order valence-electron chi connectivity index (χ3n) is 3.65. The Kier molecular flexibility index (Phi) is 5.18. The van der Waals surface area contributed by atoms with Crippen LogP contribution in [0.15, 0.2) is 0 Å². The summed E-state index contributed by atoms with van der Waals surface area (Å²) in [5.74, 6) is 0.224. The van der Waals surface area contributed by atoms with Gasteiger partial charge in [0.15, 0.2) is 14.1 Å². The fourth-order valence-corrected chi connectivity index (χ4v) is 2.81. The molecule has 1 atom stereocenters. The molecule has 0 aliphatic carbocycles. The van der Waals surface area contributed by atoms with E-state index in [0.29, 0.717) is 6.42 Å². The maximum Gasteiger partial charge on any atom is 0.193 e. The molecule has 0 amide bonds. The van der Waals surface area contributed by atoms with Crippen LogP contribution in [0.4, 0.5) is 0 Å². The number of Topliss-reactive ketones (excluding diaryl/α,β-unsaturated/α-hetero) is 1. The summed E-state index contributed by atoms with van der Waals surface area (Å²) in [5.41, 5.74) is -0.122. The minimum atomic E-state index is -1.88. The van der Waals surface area contributed by atoms with Crippen LogP contribution in [0.2, 0.25) is 18.1 Å². The van der Waals surface area contributed by atoms with Crippen molar-refractivity contribution < 1.29 is 9.22 Å². The highest BCUT2D eigenvalue weighted by atomic mass is 28.4. The Morgan fingerprint density at radius 3 is 1.76 bits per heavy atom. The molecule has 0 unspecified atom stereocenters. The van der Waals surface area contributed by atoms with Gasteiger partial charge in [-0.25, -0.2) is 0 Å². The molecule has 0 radical (unpaired) electrons. The zero-order valence-corrected chi connectivity index (χ0v) is 14.1. The van der Waals surface area contributed by atoms with Gasteiger partial charge in [0.05, 0.1) is 0 Å². The molecule has 0 aliphatic heterocycles. The number of carbonyl (C=O) groups is 1. The van der Waals surface area contributed by atoms with Crippen LogP contribution in [0.5, 0.6) is 0 Å². The largest absolute Gasteiger partial charge is 0.406 e. The van der Waals surface area contributed by atoms with E-state index in [1.54, 1.807) is 0 Å². The normalized spacial score (nSPS) is 15.8. The van der Waals surface area contributed by atoms with Gasteiger partial charge in [0, 0.05) is 6.42 Å². The third-order valence-corrected chi connectivity index (χ3v) is 8.08. The second kappa shape index (κ2) is 5.23. The van der Waals surface area contributed by atoms with E-state index in [2.05, 4.69) is 54.6 Å². The highest BCUT2D eigenvalue weighted by Gasteiger charge is 2.43. The molecule has 0 rings (SSSR count). The van der Waals surface area contributed by atoms with Crippen LogP contribution in [0.1, 0.15) is 54.9 Å². The van der Waals surface area contributed by atoms with Crippen molar-refractivity contribution in [3.8, 4) is 0 Å². The molecule has 0 bridgehead atoms. The molecular formula is C14H30O2Si. The predicted molar refractivity (Wildman–Crippen MR) is 76.8 cm³/mol. The predicted octanol–water partition coefficient (Wildman–Crippen LogP) is 4.40. The standard InChI is InChI=1S/C14H30O2Si/c1-10-11(15)12(13(2,3)4)16-17(8,9)14(5,6)7/h12H,10H2,1-9H3/t12-/m1/s1. The van der Waals surface area contributed by atoms with Gasteiger partial charge in [-0.3, -0.25) is 4.79 Å². The van der Waals surface area contributed by atoms with Crippen LogP contribution in [0.25, 0.3) is 0 Å². The first kappa shape index (κ1) is 16.8. The molecule has 0 spiro atoms. The molecule has 0 aromatic rings. The lowest BCUT2D eigenvalue weighted by atomic mass is 9.86. The van der Waals surface area contributed by atoms with Gasteiger partial charge in [0.1, 0.15) is 6.10 Å². The van der Waals surface area contributed by atoms with E-state index < -0.39 is 8.32 Å². The zero-order chi connectivity index (χ0) is 14.1. The fourth-order valence-electron chi connectivity index (χ4n) is 1.38. The van der Waals surface area contributed by atoms with Gasteiger partial charge < -0.3 is 4.43 Å². The van der Waals surface area contributed by atoms with Crippen molar-refractivity contribution in [2.75, 3.05) is 0 Å². The number of rotatable bonds is 4. The zero-order valence-electron chi connectivity index (χ0n) is 13.1. The molecule has 3 heteroatoms. The molecule has 2 nitrogen and oxygen atoms in total. The monoisotopic (exact) mass is 258 g/mol. The maximum atomic E-state index is 12.1. The Balaban J connectivity index is 5.09. The summed E-state index contributed by atoms with van der Waals surface area (Å²) in [5, 5.41) is 0.143. The first-order chi connectivity index (χ1) is 7.33. The van der Waals surface area contributed by atoms with Crippen molar-refractivity contribution in [1.29, 1.82) is 0 Å². The number of hydrogen-bond acceptors (Lipinski definition) is 2. The summed E-state index contributed by atoms with van der Waals surface area (Å²) >= 11 is 0. The number of carbonyl (C=O) groups excluding carboxylic acids is 1. The molecule has 0 aromatic heterocycles. The van der Waals surface area contributed by atoms with Gasteiger partial charge in [-0.05, 0) is 23.5 Å². The Bertz CT molecular complexity index is 269. The Hall–Kier alpha value is -0.153. The minimum Gasteiger partial charge on any atom is -0.406 e. The smallest absolute Gasteiger partial charge is 0.193 e. The van der Waals surface area contributed by atoms with Gasteiger partial charge in [0.25, 0.3) is 0 Å². The summed E-state index contributed by atoms with van der Waals surface area (Å²) in [6.45, 7) is 19.2. The lowest BCUT2D eigenvalue weighted by Crippen LogP contribution is -2.50. The molecule has 0 heterocycles. The van der Waals surface area contributed by atoms with Crippen molar-refractivity contribution in [2.24, 2.45) is 5.41 Å². The second-order valence-corrected chi connectivity index (χ2v) is 12.2. The lowest BCUT2D eigenvalue weighted by molar-refractivity contribution is -0.130. The van der Waals surface area contributed by atoms with Crippen molar-refractivity contribution in [3.05, 3.63) is 0 Å². The van der Waals surface area contributed by atoms with Crippen molar-refractivity contribution in [3.63, 3.8) is 0 Å². The van der Waals surface area contributed by atoms with Crippen LogP contribution in [-0.2, 0) is 9.22 Å². The topological polar surface area (TPSA) is 26.3 Å². The van der Waals surface area contributed by atoms with E-state index in [4.69, 9.17) is 4.43 Å². The van der Waals surface area contributed by atoms with Gasteiger partial charge in [0.2, 0.25) is 0 Å². The van der Waals surface area contributed by atoms with Crippen molar-refractivity contribution in [2.45, 2.75) is 79.1 Å². The molecule has 0 saturated carbocycles. The lowest BCUT2D eigenvalue weighted by Gasteiger charge is -2.42. The Morgan fingerprint density at radius 2 is 1.53 bits per heavy atom. The molecule has 0 N–H and O–H groups in total. The summed E-state index contributed by atoms with van der Waals surface area (Å²) in [4.78, 5) is 12.1. The fraction of sp³-hybridized carbons (Fsp3) is 0.929. The SMILES string of the molecule is CCC(=O)[C@@H](O[Si](C)(C)C(C)(C)C)C(C)(C)C. The average molecular weight is 258 g/mol. The number of ketones is 1. The highest BCUT2D eigenvalue weighted by Crippen LogP contribution is 2.39. The first-order valence-electron chi connectivity index (χ1n) is 6.53. The van der Waals surface area contributed by atoms with Crippen LogP contribution < -0.4 is 0 Å². The average Bonchev–Trinajstić information content (AvgIpc) is 2.09. The van der Waals surface area contributed by atoms with Crippen molar-refractivity contribution in [1.82, 2.24) is 0 Å². The summed E-state index contributed by atoms with van der Waals surface area (Å²) in [7, 11) is -1.88. The van der Waals surface area contributed by atoms with E-state index >= 15 is 0 Å². The van der Waals surface area contributed by atoms with Gasteiger partial charge in [-0.1, -0.05) is 48.5 Å². The Labute approximate surface area is 108 Å². The summed E-state index contributed by atoms with van der Waals surface area (Å²) in [6, 6.07) is 0. The van der Waals surface area contributed by atoms with Crippen LogP contribution in [-0.4, -0.2) is 20.2 Å². The number of hydrogen-bond donors (Lipinski definition) is 0. The van der Waals surface area contributed by atoms with Crippen LogP contribution in [0, 0.1) is 5.41 Å². The molecule has 0 saturated heterocycles. The quantitative estimate of drug-likeness (QED) is 0.699. The van der Waals surface area contributed by atoms with Gasteiger partial charge in [-0.15, -0.1) is 0 Å². The van der Waals surface area contributed by atoms with E-state index in [9.17, 15) is 4.79 Å². The molecule has 0 aromatic carbocycles. The maximum absolute atomic E-state index is 12.1. The first-order valence-corrected chi connectivity index (χ1v) is 9.44. The molecular weight excluding hydrogens is 228 g/mol. The van der Waals surface area contributed by atoms with Crippen LogP contribution in [0.3, 0.4) is 0 Å². The van der Waals surface area contributed by atoms with Gasteiger partial charge in [-0.2, -0.15) is 0 Å². The minimum absolute atomic E-state index is 0.122. The molecule has 17 heavy (non-hydrogen) atoms. The van der Waals surface area contributed by atoms with E-state index in [1.807, 2.05) is 6.92 Å². The molecule has 102 valence electrons. The van der Waals surface area contributed by atoms with E-state index in [-0.39, 0.29) is 22.3 Å². The third kappa shape index (κ3) is 4.55. The Morgan fingerprint density at radius 1 is 1.12 bits per heavy atom. The second-order valence-electron chi connectivity index (χ2n) is 7.44. The molecule has 0 aliphatic rings. The van der Waals surface area contributed by atoms with E-state index in [0.717, 1.165) is 0 Å². The van der Waals surface area contributed by atoms with Crippen molar-refractivity contribution >= 4 is 14.1 Å². The summed E-state index contributed by atoms with van der Waals surface area (Å²) in [6.07, 6.45) is 0.282. The van der Waals surface area contributed by atoms with E-state index in [1.165, 1.54) is 0 Å². The van der Waals surface area contributed by atoms with Crippen LogP contribution >= 0.6 is 0 Å². The summed E-state index contributed by atoms with van der Waals surface area (Å²) < 4.78 is 6.31. The van der Waals surface area contributed by atoms with Gasteiger partial charge >= 0.3 is 0 Å². The highest BCUT2D eigenvalue weighted by molar-refractivity contribution is 6.74. The molecule has 0 fully saturated rings.